The molecule has 4 amide bonds. The highest BCUT2D eigenvalue weighted by Gasteiger charge is 2.46. The lowest BCUT2D eigenvalue weighted by Gasteiger charge is -2.43. The monoisotopic (exact) mass is 1350 g/mol. The normalized spacial score (nSPS) is 22.6. The number of rotatable bonds is 32. The molecule has 0 spiro atoms. The number of nitrogens with one attached hydrogen (secondary N) is 4. The molecule has 2 aliphatic rings. The van der Waals surface area contributed by atoms with Crippen molar-refractivity contribution in [3.63, 3.8) is 0 Å². The summed E-state index contributed by atoms with van der Waals surface area (Å²) < 4.78 is 32.9. The molecule has 16 atom stereocenters. The Balaban J connectivity index is 0.000000350. The van der Waals surface area contributed by atoms with Crippen LogP contribution in [0.1, 0.15) is 101 Å². The Morgan fingerprint density at radius 1 is 0.552 bits per heavy atom. The lowest BCUT2D eigenvalue weighted by Crippen LogP contribution is -2.59. The van der Waals surface area contributed by atoms with Crippen molar-refractivity contribution in [3.8, 4) is 0 Å². The van der Waals surface area contributed by atoms with E-state index in [1.54, 1.807) is 60.7 Å². The van der Waals surface area contributed by atoms with Crippen molar-refractivity contribution < 1.29 is 127 Å². The van der Waals surface area contributed by atoms with Gasteiger partial charge < -0.3 is 102 Å². The second kappa shape index (κ2) is 36.2. The van der Waals surface area contributed by atoms with Crippen LogP contribution >= 0.6 is 0 Å². The number of nitrogens with two attached hydrogens (primary N) is 2. The van der Waals surface area contributed by atoms with Crippen molar-refractivity contribution >= 4 is 104 Å². The molecule has 2 saturated heterocycles. The standard InChI is InChI=1S/C35H45N3O13.C29H37N3O13/c1-17(14-27(41)24(36)15-49-35-31(50-21(5)40)19(3)18(2)28(51-35)16-48-20(4)39)32(44)37-25-11-10-22-8-6-7-9-23(22)30(25)33(45)38-26(34(46)47)12-13-29(42)43;1-13(10-19(34)16(30)12-44-29-25(39)24(38)23(37)20(11-33)45-29)26(40)31-17-7-6-14-4-2-3-5-15(14)22(17)27(41)32-18(28(42)43)8-9-21(35)36/h6-11,17-19,24,26,28,31,35H,12-16,36H2,1-5H3,(H,37,44)(H,38,45)(H,42,43)(H,46,47);2-7,13,16,18,20,23-25,29,33,37-39H,8-12,30H2,1H3,(H,31,40)(H,32,41)(H,35,36)(H,42,43)/t17-,18+,19-,24-,26?,28?,31?,35+;13-,16-,18?,20?,23-,24-,25?,29+/m00/s1. The summed E-state index contributed by atoms with van der Waals surface area (Å²) in [5, 5.41) is 88.0. The number of Topliss-reactive ketones (excluding diaryl/α,β-unsaturated/α-hetero) is 2. The molecular formula is C64H82N6O26. The van der Waals surface area contributed by atoms with E-state index in [-0.39, 0.29) is 73.2 Å². The highest BCUT2D eigenvalue weighted by Crippen LogP contribution is 2.35. The van der Waals surface area contributed by atoms with Crippen molar-refractivity contribution in [2.24, 2.45) is 35.1 Å². The summed E-state index contributed by atoms with van der Waals surface area (Å²) >= 11 is 0. The van der Waals surface area contributed by atoms with Gasteiger partial charge in [-0.15, -0.1) is 0 Å². The van der Waals surface area contributed by atoms with Gasteiger partial charge in [0.15, 0.2) is 30.3 Å². The van der Waals surface area contributed by atoms with E-state index in [0.717, 1.165) is 0 Å². The molecule has 0 aliphatic carbocycles. The lowest BCUT2D eigenvalue weighted by atomic mass is 9.83. The third-order valence-electron chi connectivity index (χ3n) is 16.1. The van der Waals surface area contributed by atoms with Crippen molar-refractivity contribution in [3.05, 3.63) is 83.9 Å². The molecule has 0 saturated carbocycles. The van der Waals surface area contributed by atoms with Crippen molar-refractivity contribution in [2.75, 3.05) is 37.1 Å². The van der Waals surface area contributed by atoms with Crippen LogP contribution < -0.4 is 32.7 Å². The van der Waals surface area contributed by atoms with E-state index in [1.807, 2.05) is 13.8 Å². The number of esters is 2. The molecule has 0 bridgehead atoms. The van der Waals surface area contributed by atoms with Gasteiger partial charge in [-0.1, -0.05) is 88.4 Å². The molecule has 0 aromatic heterocycles. The number of amides is 4. The van der Waals surface area contributed by atoms with Crippen LogP contribution in [0.3, 0.4) is 0 Å². The van der Waals surface area contributed by atoms with E-state index < -0.39 is 182 Å². The van der Waals surface area contributed by atoms with Gasteiger partial charge in [0, 0.05) is 57.3 Å². The Hall–Kier alpha value is -8.96. The van der Waals surface area contributed by atoms with E-state index in [1.165, 1.54) is 39.8 Å². The Morgan fingerprint density at radius 2 is 0.979 bits per heavy atom. The first kappa shape index (κ1) is 77.7. The van der Waals surface area contributed by atoms with Gasteiger partial charge in [-0.25, -0.2) is 9.59 Å². The fourth-order valence-corrected chi connectivity index (χ4v) is 10.3. The van der Waals surface area contributed by atoms with Crippen molar-refractivity contribution in [1.29, 1.82) is 0 Å². The largest absolute Gasteiger partial charge is 0.481 e. The van der Waals surface area contributed by atoms with E-state index in [9.17, 15) is 88.2 Å². The van der Waals surface area contributed by atoms with Crippen LogP contribution in [0.25, 0.3) is 21.5 Å². The number of aliphatic hydroxyl groups is 4. The molecule has 2 heterocycles. The van der Waals surface area contributed by atoms with Gasteiger partial charge in [-0.05, 0) is 52.4 Å². The first-order valence-corrected chi connectivity index (χ1v) is 30.5. The lowest BCUT2D eigenvalue weighted by molar-refractivity contribution is -0.301. The number of carboxylic acid groups (broad SMARTS) is 4. The smallest absolute Gasteiger partial charge is 0.326 e. The average Bonchev–Trinajstić information content (AvgIpc) is 0.806. The maximum absolute atomic E-state index is 13.4. The van der Waals surface area contributed by atoms with Gasteiger partial charge in [0.1, 0.15) is 43.1 Å². The quantitative estimate of drug-likeness (QED) is 0.0301. The van der Waals surface area contributed by atoms with E-state index in [4.69, 9.17) is 50.1 Å². The topological polar surface area (TPSA) is 522 Å². The van der Waals surface area contributed by atoms with Crippen LogP contribution in [0.2, 0.25) is 0 Å². The van der Waals surface area contributed by atoms with Crippen LogP contribution in [0, 0.1) is 23.7 Å². The summed E-state index contributed by atoms with van der Waals surface area (Å²) in [4.78, 5) is 148. The highest BCUT2D eigenvalue weighted by atomic mass is 16.7. The number of ketones is 2. The summed E-state index contributed by atoms with van der Waals surface area (Å²) in [6, 6.07) is 14.0. The minimum absolute atomic E-state index is 0.0214. The molecule has 2 fully saturated rings. The van der Waals surface area contributed by atoms with Crippen LogP contribution in [0.15, 0.2) is 72.8 Å². The van der Waals surface area contributed by atoms with Crippen LogP contribution in [0.4, 0.5) is 11.4 Å². The zero-order valence-electron chi connectivity index (χ0n) is 53.3. The maximum atomic E-state index is 13.4. The molecule has 2 aliphatic heterocycles. The number of carbonyl (C=O) groups is 12. The molecule has 6 unspecified atom stereocenters. The van der Waals surface area contributed by atoms with E-state index in [0.29, 0.717) is 21.5 Å². The highest BCUT2D eigenvalue weighted by molar-refractivity contribution is 6.16. The average molecular weight is 1350 g/mol. The predicted octanol–water partition coefficient (Wildman–Crippen LogP) is 0.822. The summed E-state index contributed by atoms with van der Waals surface area (Å²) in [6.45, 7) is 7.54. The minimum atomic E-state index is -1.69. The fraction of sp³-hybridized carbons (Fsp3) is 0.500. The van der Waals surface area contributed by atoms with Crippen LogP contribution in [0.5, 0.6) is 0 Å². The molecule has 96 heavy (non-hydrogen) atoms. The third kappa shape index (κ3) is 21.8. The second-order valence-electron chi connectivity index (χ2n) is 23.3. The molecule has 6 rings (SSSR count). The zero-order chi connectivity index (χ0) is 71.4. The third-order valence-corrected chi connectivity index (χ3v) is 16.1. The van der Waals surface area contributed by atoms with Crippen LogP contribution in [-0.4, -0.2) is 212 Å². The first-order valence-electron chi connectivity index (χ1n) is 30.5. The molecule has 32 nitrogen and oxygen atoms in total. The van der Waals surface area contributed by atoms with Crippen molar-refractivity contribution in [1.82, 2.24) is 10.6 Å². The maximum Gasteiger partial charge on any atom is 0.326 e. The molecule has 16 N–H and O–H groups in total. The minimum Gasteiger partial charge on any atom is -0.481 e. The number of carboxylic acids is 4. The number of anilines is 2. The van der Waals surface area contributed by atoms with E-state index >= 15 is 0 Å². The van der Waals surface area contributed by atoms with E-state index in [2.05, 4.69) is 21.3 Å². The fourth-order valence-electron chi connectivity index (χ4n) is 10.3. The van der Waals surface area contributed by atoms with Gasteiger partial charge in [-0.3, -0.25) is 47.9 Å². The van der Waals surface area contributed by atoms with Gasteiger partial charge >= 0.3 is 35.8 Å². The van der Waals surface area contributed by atoms with Gasteiger partial charge in [0.2, 0.25) is 11.8 Å². The van der Waals surface area contributed by atoms with Gasteiger partial charge in [-0.2, -0.15) is 0 Å². The summed E-state index contributed by atoms with van der Waals surface area (Å²) in [7, 11) is 0. The summed E-state index contributed by atoms with van der Waals surface area (Å²) in [5.41, 5.74) is 12.0. The molecule has 4 aromatic carbocycles. The zero-order valence-corrected chi connectivity index (χ0v) is 53.3. The number of fused-ring (bicyclic) bond motifs is 2. The number of carbonyl (C=O) groups excluding carboxylic acids is 8. The Kier molecular flexibility index (Phi) is 29.3. The molecule has 32 heteroatoms. The number of benzene rings is 4. The predicted molar refractivity (Wildman–Crippen MR) is 335 cm³/mol. The molecule has 0 radical (unpaired) electrons. The number of aliphatic hydroxyl groups excluding tert-OH is 4. The van der Waals surface area contributed by atoms with Gasteiger partial charge in [0.05, 0.1) is 60.5 Å². The summed E-state index contributed by atoms with van der Waals surface area (Å²) in [6.07, 6.45) is -12.6. The SMILES string of the molecule is CC(=O)OCC1O[C@@H](OC[C@H](N)C(=O)C[C@H](C)C(=O)Nc2ccc3ccccc3c2C(=O)NC(CCC(=O)O)C(=O)O)C(OC(C)=O)[C@@H](C)[C@H]1C.C[C@@H](CC(=O)[C@@H](N)CO[C@@H]1OC(CO)[C@H](O)[C@H](O)C1O)C(=O)Nc1ccc2ccccc2c1C(=O)NC(CCC(=O)O)C(=O)O. The van der Waals surface area contributed by atoms with Crippen molar-refractivity contribution in [2.45, 2.75) is 153 Å². The Labute approximate surface area is 549 Å². The number of aliphatic carboxylic acids is 4. The first-order chi connectivity index (χ1) is 45.2. The number of hydrogen-bond donors (Lipinski definition) is 14. The molecule has 524 valence electrons. The number of ether oxygens (including phenoxy) is 6. The summed E-state index contributed by atoms with van der Waals surface area (Å²) in [5.74, 6) is -12.9. The molecule has 4 aromatic rings. The number of hydrogen-bond acceptors (Lipinski definition) is 24. The van der Waals surface area contributed by atoms with Crippen LogP contribution in [-0.2, 0) is 76.4 Å². The molecular weight excluding hydrogens is 1270 g/mol. The Morgan fingerprint density at radius 3 is 1.39 bits per heavy atom. The second-order valence-corrected chi connectivity index (χ2v) is 23.3. The Bertz CT molecular complexity index is 3470. The van der Waals surface area contributed by atoms with Gasteiger partial charge in [0.25, 0.3) is 11.8 Å².